The van der Waals surface area contributed by atoms with E-state index in [1.165, 1.54) is 0 Å². The van der Waals surface area contributed by atoms with E-state index in [1.807, 2.05) is 11.8 Å². The lowest BCUT2D eigenvalue weighted by molar-refractivity contribution is -0.130. The predicted octanol–water partition coefficient (Wildman–Crippen LogP) is -0.0568. The van der Waals surface area contributed by atoms with Crippen molar-refractivity contribution in [2.45, 2.75) is 31.8 Å². The minimum atomic E-state index is 0.0422. The van der Waals surface area contributed by atoms with Crippen LogP contribution >= 0.6 is 0 Å². The Kier molecular flexibility index (Phi) is 2.51. The molecule has 2 atom stereocenters. The Morgan fingerprint density at radius 3 is 3.08 bits per heavy atom. The fraction of sp³-hybridized carbons (Fsp3) is 0.889. The van der Waals surface area contributed by atoms with Gasteiger partial charge in [0.15, 0.2) is 0 Å². The van der Waals surface area contributed by atoms with Gasteiger partial charge in [-0.05, 0) is 12.8 Å². The highest BCUT2D eigenvalue weighted by Crippen LogP contribution is 2.17. The van der Waals surface area contributed by atoms with E-state index in [0.29, 0.717) is 19.3 Å². The van der Waals surface area contributed by atoms with E-state index in [1.54, 1.807) is 0 Å². The molecule has 0 bridgehead atoms. The van der Waals surface area contributed by atoms with Crippen LogP contribution in [0.15, 0.2) is 0 Å². The van der Waals surface area contributed by atoms with Crippen molar-refractivity contribution in [3.05, 3.63) is 0 Å². The first-order chi connectivity index (χ1) is 6.33. The molecule has 2 rings (SSSR count). The minimum absolute atomic E-state index is 0.0422. The lowest BCUT2D eigenvalue weighted by Crippen LogP contribution is -2.38. The molecule has 0 aliphatic carbocycles. The van der Waals surface area contributed by atoms with E-state index in [2.05, 4.69) is 5.32 Å². The van der Waals surface area contributed by atoms with Gasteiger partial charge in [0.25, 0.3) is 0 Å². The van der Waals surface area contributed by atoms with Gasteiger partial charge in [0.2, 0.25) is 5.91 Å². The van der Waals surface area contributed by atoms with Gasteiger partial charge in [-0.3, -0.25) is 10.1 Å². The summed E-state index contributed by atoms with van der Waals surface area (Å²) in [7, 11) is 0. The molecule has 2 saturated heterocycles. The van der Waals surface area contributed by atoms with Crippen LogP contribution in [0.4, 0.5) is 0 Å². The molecule has 4 nitrogen and oxygen atoms in total. The van der Waals surface area contributed by atoms with Crippen molar-refractivity contribution in [1.82, 2.24) is 10.2 Å². The van der Waals surface area contributed by atoms with Gasteiger partial charge < -0.3 is 9.64 Å². The number of carbonyl (C=O) groups excluding carboxylic acids is 1. The molecule has 0 radical (unpaired) electrons. The van der Waals surface area contributed by atoms with Gasteiger partial charge in [0.1, 0.15) is 0 Å². The van der Waals surface area contributed by atoms with Crippen LogP contribution < -0.4 is 5.32 Å². The highest BCUT2D eigenvalue weighted by molar-refractivity contribution is 5.84. The molecule has 0 aromatic rings. The van der Waals surface area contributed by atoms with Crippen LogP contribution in [0, 0.1) is 0 Å². The van der Waals surface area contributed by atoms with E-state index in [9.17, 15) is 4.79 Å². The molecule has 0 saturated carbocycles. The van der Waals surface area contributed by atoms with Gasteiger partial charge in [0.05, 0.1) is 25.4 Å². The molecule has 4 heteroatoms. The summed E-state index contributed by atoms with van der Waals surface area (Å²) in [6.45, 7) is 4.24. The molecule has 2 aliphatic rings. The number of ether oxygens (including phenoxy) is 1. The Bertz CT molecular complexity index is 202. The van der Waals surface area contributed by atoms with E-state index >= 15 is 0 Å². The average Bonchev–Trinajstić information content (AvgIpc) is 2.72. The molecule has 0 aromatic carbocycles. The lowest BCUT2D eigenvalue weighted by atomic mass is 10.2. The quantitative estimate of drug-likeness (QED) is 0.654. The Hall–Kier alpha value is -0.610. The molecule has 13 heavy (non-hydrogen) atoms. The van der Waals surface area contributed by atoms with Crippen LogP contribution in [0.25, 0.3) is 0 Å². The predicted molar refractivity (Wildman–Crippen MR) is 48.2 cm³/mol. The third-order valence-electron chi connectivity index (χ3n) is 2.84. The summed E-state index contributed by atoms with van der Waals surface area (Å²) in [5.41, 5.74) is 0. The normalized spacial score (nSPS) is 34.5. The molecule has 1 amide bonds. The molecule has 0 spiro atoms. The molecule has 2 aliphatic heterocycles. The van der Waals surface area contributed by atoms with Crippen LogP contribution in [-0.2, 0) is 9.53 Å². The zero-order valence-electron chi connectivity index (χ0n) is 7.95. The number of carbonyl (C=O) groups is 1. The number of rotatable bonds is 2. The van der Waals surface area contributed by atoms with Crippen LogP contribution in [0.5, 0.6) is 0 Å². The molecule has 2 fully saturated rings. The Morgan fingerprint density at radius 1 is 1.69 bits per heavy atom. The largest absolute Gasteiger partial charge is 0.379 e. The molecular weight excluding hydrogens is 168 g/mol. The SMILES string of the molecule is CCC1NCN(C2CCOC2)C1=O. The fourth-order valence-electron chi connectivity index (χ4n) is 1.97. The van der Waals surface area contributed by atoms with Gasteiger partial charge in [-0.25, -0.2) is 0 Å². The van der Waals surface area contributed by atoms with Crippen molar-refractivity contribution in [3.8, 4) is 0 Å². The van der Waals surface area contributed by atoms with E-state index in [0.717, 1.165) is 19.4 Å². The second-order valence-electron chi connectivity index (χ2n) is 3.65. The smallest absolute Gasteiger partial charge is 0.241 e. The summed E-state index contributed by atoms with van der Waals surface area (Å²) >= 11 is 0. The number of hydrogen-bond acceptors (Lipinski definition) is 3. The van der Waals surface area contributed by atoms with Gasteiger partial charge in [-0.15, -0.1) is 0 Å². The van der Waals surface area contributed by atoms with Gasteiger partial charge in [-0.1, -0.05) is 6.92 Å². The van der Waals surface area contributed by atoms with Crippen molar-refractivity contribution in [3.63, 3.8) is 0 Å². The van der Waals surface area contributed by atoms with E-state index in [-0.39, 0.29) is 11.9 Å². The number of hydrogen-bond donors (Lipinski definition) is 1. The molecule has 2 unspecified atom stereocenters. The van der Waals surface area contributed by atoms with Crippen LogP contribution in [0.1, 0.15) is 19.8 Å². The molecule has 74 valence electrons. The maximum Gasteiger partial charge on any atom is 0.241 e. The van der Waals surface area contributed by atoms with Crippen molar-refractivity contribution in [2.24, 2.45) is 0 Å². The third-order valence-corrected chi connectivity index (χ3v) is 2.84. The summed E-state index contributed by atoms with van der Waals surface area (Å²) in [5.74, 6) is 0.248. The second kappa shape index (κ2) is 3.64. The number of nitrogens with one attached hydrogen (secondary N) is 1. The first-order valence-electron chi connectivity index (χ1n) is 4.94. The maximum absolute atomic E-state index is 11.7. The van der Waals surface area contributed by atoms with Crippen LogP contribution in [-0.4, -0.2) is 42.8 Å². The molecule has 0 aromatic heterocycles. The molecule has 2 heterocycles. The fourth-order valence-corrected chi connectivity index (χ4v) is 1.97. The van der Waals surface area contributed by atoms with Crippen molar-refractivity contribution in [1.29, 1.82) is 0 Å². The second-order valence-corrected chi connectivity index (χ2v) is 3.65. The zero-order valence-corrected chi connectivity index (χ0v) is 7.95. The maximum atomic E-state index is 11.7. The van der Waals surface area contributed by atoms with E-state index < -0.39 is 0 Å². The van der Waals surface area contributed by atoms with Crippen molar-refractivity contribution in [2.75, 3.05) is 19.9 Å². The van der Waals surface area contributed by atoms with Gasteiger partial charge >= 0.3 is 0 Å². The number of amides is 1. The molecule has 1 N–H and O–H groups in total. The summed E-state index contributed by atoms with van der Waals surface area (Å²) < 4.78 is 5.27. The van der Waals surface area contributed by atoms with Crippen LogP contribution in [0.3, 0.4) is 0 Å². The topological polar surface area (TPSA) is 41.6 Å². The average molecular weight is 184 g/mol. The summed E-state index contributed by atoms with van der Waals surface area (Å²) in [4.78, 5) is 13.6. The highest BCUT2D eigenvalue weighted by Gasteiger charge is 2.35. The lowest BCUT2D eigenvalue weighted by Gasteiger charge is -2.21. The standard InChI is InChI=1S/C9H16N2O2/c1-2-8-9(12)11(6-10-8)7-3-4-13-5-7/h7-8,10H,2-6H2,1H3. The summed E-state index contributed by atoms with van der Waals surface area (Å²) in [5, 5.41) is 3.20. The van der Waals surface area contributed by atoms with Crippen molar-refractivity contribution < 1.29 is 9.53 Å². The zero-order chi connectivity index (χ0) is 9.26. The van der Waals surface area contributed by atoms with Gasteiger partial charge in [0, 0.05) is 6.61 Å². The first kappa shape index (κ1) is 8.97. The third kappa shape index (κ3) is 1.56. The summed E-state index contributed by atoms with van der Waals surface area (Å²) in [6, 6.07) is 0.358. The van der Waals surface area contributed by atoms with E-state index in [4.69, 9.17) is 4.74 Å². The Labute approximate surface area is 78.2 Å². The Balaban J connectivity index is 1.97. The highest BCUT2D eigenvalue weighted by atomic mass is 16.5. The van der Waals surface area contributed by atoms with Gasteiger partial charge in [-0.2, -0.15) is 0 Å². The minimum Gasteiger partial charge on any atom is -0.379 e. The Morgan fingerprint density at radius 2 is 2.54 bits per heavy atom. The monoisotopic (exact) mass is 184 g/mol. The summed E-state index contributed by atoms with van der Waals surface area (Å²) in [6.07, 6.45) is 1.87. The molecular formula is C9H16N2O2. The van der Waals surface area contributed by atoms with Crippen molar-refractivity contribution >= 4 is 5.91 Å². The van der Waals surface area contributed by atoms with Crippen LogP contribution in [0.2, 0.25) is 0 Å². The number of nitrogens with zero attached hydrogens (tertiary/aromatic N) is 1. The first-order valence-corrected chi connectivity index (χ1v) is 4.94.